The van der Waals surface area contributed by atoms with Gasteiger partial charge in [0.2, 0.25) is 0 Å². The fourth-order valence-corrected chi connectivity index (χ4v) is 3.59. The molecule has 2 heterocycles. The van der Waals surface area contributed by atoms with Crippen molar-refractivity contribution in [3.63, 3.8) is 0 Å². The quantitative estimate of drug-likeness (QED) is 0.850. The first-order chi connectivity index (χ1) is 10.3. The summed E-state index contributed by atoms with van der Waals surface area (Å²) in [5, 5.41) is 3.95. The zero-order valence-corrected chi connectivity index (χ0v) is 14.2. The van der Waals surface area contributed by atoms with Crippen LogP contribution in [-0.2, 0) is 0 Å². The maximum absolute atomic E-state index is 12.2. The van der Waals surface area contributed by atoms with Gasteiger partial charge in [-0.25, -0.2) is 0 Å². The topological polar surface area (TPSA) is 45.2 Å². The van der Waals surface area contributed by atoms with Crippen molar-refractivity contribution in [2.24, 2.45) is 0 Å². The highest BCUT2D eigenvalue weighted by Gasteiger charge is 2.14. The van der Waals surface area contributed by atoms with Crippen LogP contribution in [0.1, 0.15) is 36.2 Å². The van der Waals surface area contributed by atoms with Gasteiger partial charge in [-0.2, -0.15) is 4.37 Å². The molecular weight excluding hydrogens is 318 g/mol. The molecule has 0 spiro atoms. The number of halogens is 1. The molecule has 6 heteroatoms. The van der Waals surface area contributed by atoms with Crippen molar-refractivity contribution >= 4 is 39.9 Å². The van der Waals surface area contributed by atoms with Gasteiger partial charge >= 0.3 is 0 Å². The highest BCUT2D eigenvalue weighted by atomic mass is 35.5. The number of benzene rings is 1. The SMILES string of the molecule is Cl.O=C(NCCCN1CCCCC1)c1nsc2ccccc12. The van der Waals surface area contributed by atoms with Crippen LogP contribution in [0, 0.1) is 0 Å². The Bertz CT molecular complexity index is 610. The molecule has 4 nitrogen and oxygen atoms in total. The van der Waals surface area contributed by atoms with Gasteiger partial charge in [-0.15, -0.1) is 12.4 Å². The number of nitrogens with one attached hydrogen (secondary N) is 1. The van der Waals surface area contributed by atoms with Crippen LogP contribution in [0.5, 0.6) is 0 Å². The molecule has 3 rings (SSSR count). The highest BCUT2D eigenvalue weighted by molar-refractivity contribution is 7.13. The lowest BCUT2D eigenvalue weighted by atomic mass is 10.1. The highest BCUT2D eigenvalue weighted by Crippen LogP contribution is 2.21. The van der Waals surface area contributed by atoms with Gasteiger partial charge in [-0.3, -0.25) is 4.79 Å². The van der Waals surface area contributed by atoms with E-state index in [1.54, 1.807) is 0 Å². The number of carbonyl (C=O) groups is 1. The Morgan fingerprint density at radius 2 is 2.00 bits per heavy atom. The molecule has 1 saturated heterocycles. The summed E-state index contributed by atoms with van der Waals surface area (Å²) < 4.78 is 5.35. The van der Waals surface area contributed by atoms with Crippen LogP contribution in [-0.4, -0.2) is 41.4 Å². The van der Waals surface area contributed by atoms with Crippen LogP contribution >= 0.6 is 23.9 Å². The van der Waals surface area contributed by atoms with Crippen LogP contribution in [0.3, 0.4) is 0 Å². The summed E-state index contributed by atoms with van der Waals surface area (Å²) in [6.45, 7) is 4.23. The molecule has 2 aromatic rings. The van der Waals surface area contributed by atoms with Crippen LogP contribution < -0.4 is 5.32 Å². The van der Waals surface area contributed by atoms with Crippen molar-refractivity contribution in [3.8, 4) is 0 Å². The zero-order valence-electron chi connectivity index (χ0n) is 12.6. The Balaban J connectivity index is 0.00000176. The first kappa shape index (κ1) is 17.2. The van der Waals surface area contributed by atoms with Gasteiger partial charge in [0.1, 0.15) is 5.69 Å². The minimum Gasteiger partial charge on any atom is -0.351 e. The van der Waals surface area contributed by atoms with Crippen LogP contribution in [0.4, 0.5) is 0 Å². The van der Waals surface area contributed by atoms with Crippen LogP contribution in [0.2, 0.25) is 0 Å². The van der Waals surface area contributed by atoms with E-state index in [4.69, 9.17) is 0 Å². The van der Waals surface area contributed by atoms with Gasteiger partial charge < -0.3 is 10.2 Å². The molecule has 1 N–H and O–H groups in total. The van der Waals surface area contributed by atoms with Gasteiger partial charge in [-0.1, -0.05) is 24.6 Å². The summed E-state index contributed by atoms with van der Waals surface area (Å²) in [6, 6.07) is 7.88. The standard InChI is InChI=1S/C16H21N3OS.ClH/c20-16(15-13-7-2-3-8-14(13)21-18-15)17-9-6-12-19-10-4-1-5-11-19;/h2-3,7-8H,1,4-6,9-12H2,(H,17,20);1H. The number of hydrogen-bond donors (Lipinski definition) is 1. The lowest BCUT2D eigenvalue weighted by Gasteiger charge is -2.26. The summed E-state index contributed by atoms with van der Waals surface area (Å²) in [5.74, 6) is -0.0499. The van der Waals surface area contributed by atoms with Crippen LogP contribution in [0.15, 0.2) is 24.3 Å². The van der Waals surface area contributed by atoms with Gasteiger partial charge in [0, 0.05) is 11.9 Å². The molecule has 1 aliphatic rings. The summed E-state index contributed by atoms with van der Waals surface area (Å²) in [7, 11) is 0. The van der Waals surface area contributed by atoms with Gasteiger partial charge in [-0.05, 0) is 56.5 Å². The second kappa shape index (κ2) is 8.46. The maximum Gasteiger partial charge on any atom is 0.271 e. The molecule has 0 radical (unpaired) electrons. The van der Waals surface area contributed by atoms with E-state index in [1.807, 2.05) is 24.3 Å². The largest absolute Gasteiger partial charge is 0.351 e. The summed E-state index contributed by atoms with van der Waals surface area (Å²) in [6.07, 6.45) is 5.01. The van der Waals surface area contributed by atoms with Crippen molar-refractivity contribution in [1.29, 1.82) is 0 Å². The monoisotopic (exact) mass is 339 g/mol. The number of nitrogens with zero attached hydrogens (tertiary/aromatic N) is 2. The van der Waals surface area contributed by atoms with Crippen molar-refractivity contribution < 1.29 is 4.79 Å². The van der Waals surface area contributed by atoms with E-state index in [2.05, 4.69) is 14.6 Å². The number of likely N-dealkylation sites (tertiary alicyclic amines) is 1. The number of fused-ring (bicyclic) bond motifs is 1. The molecular formula is C16H22ClN3OS. The smallest absolute Gasteiger partial charge is 0.271 e. The molecule has 0 bridgehead atoms. The predicted octanol–water partition coefficient (Wildman–Crippen LogP) is 3.32. The molecule has 0 atom stereocenters. The maximum atomic E-state index is 12.2. The molecule has 120 valence electrons. The molecule has 1 aromatic heterocycles. The first-order valence-electron chi connectivity index (χ1n) is 7.69. The van der Waals surface area contributed by atoms with E-state index in [0.29, 0.717) is 5.69 Å². The Labute approximate surface area is 141 Å². The number of rotatable bonds is 5. The summed E-state index contributed by atoms with van der Waals surface area (Å²) >= 11 is 1.39. The number of hydrogen-bond acceptors (Lipinski definition) is 4. The molecule has 1 aliphatic heterocycles. The third-order valence-electron chi connectivity index (χ3n) is 3.98. The minimum absolute atomic E-state index is 0. The van der Waals surface area contributed by atoms with E-state index >= 15 is 0 Å². The molecule has 0 saturated carbocycles. The van der Waals surface area contributed by atoms with E-state index in [-0.39, 0.29) is 18.3 Å². The van der Waals surface area contributed by atoms with Gasteiger partial charge in [0.25, 0.3) is 5.91 Å². The lowest BCUT2D eigenvalue weighted by Crippen LogP contribution is -2.33. The third-order valence-corrected chi connectivity index (χ3v) is 4.80. The van der Waals surface area contributed by atoms with E-state index in [1.165, 1.54) is 43.9 Å². The zero-order chi connectivity index (χ0) is 14.5. The average Bonchev–Trinajstić information content (AvgIpc) is 2.96. The van der Waals surface area contributed by atoms with E-state index in [9.17, 15) is 4.79 Å². The first-order valence-corrected chi connectivity index (χ1v) is 8.47. The van der Waals surface area contributed by atoms with Crippen molar-refractivity contribution in [2.45, 2.75) is 25.7 Å². The average molecular weight is 340 g/mol. The fraction of sp³-hybridized carbons (Fsp3) is 0.500. The Morgan fingerprint density at radius 3 is 2.82 bits per heavy atom. The summed E-state index contributed by atoms with van der Waals surface area (Å²) in [4.78, 5) is 14.7. The lowest BCUT2D eigenvalue weighted by molar-refractivity contribution is 0.0949. The number of aromatic nitrogens is 1. The summed E-state index contributed by atoms with van der Waals surface area (Å²) in [5.41, 5.74) is 0.563. The van der Waals surface area contributed by atoms with Crippen molar-refractivity contribution in [3.05, 3.63) is 30.0 Å². The molecule has 1 fully saturated rings. The molecule has 0 unspecified atom stereocenters. The second-order valence-electron chi connectivity index (χ2n) is 5.54. The van der Waals surface area contributed by atoms with Gasteiger partial charge in [0.15, 0.2) is 0 Å². The van der Waals surface area contributed by atoms with Crippen molar-refractivity contribution in [1.82, 2.24) is 14.6 Å². The number of amides is 1. The number of piperidine rings is 1. The Morgan fingerprint density at radius 1 is 1.23 bits per heavy atom. The fourth-order valence-electron chi connectivity index (χ4n) is 2.82. The molecule has 1 amide bonds. The predicted molar refractivity (Wildman–Crippen MR) is 94.1 cm³/mol. The minimum atomic E-state index is -0.0499. The number of carbonyl (C=O) groups excluding carboxylic acids is 1. The van der Waals surface area contributed by atoms with E-state index in [0.717, 1.165) is 29.6 Å². The molecule has 1 aromatic carbocycles. The Hall–Kier alpha value is -1.17. The second-order valence-corrected chi connectivity index (χ2v) is 6.34. The van der Waals surface area contributed by atoms with Crippen molar-refractivity contribution in [2.75, 3.05) is 26.2 Å². The molecule has 0 aliphatic carbocycles. The molecule has 22 heavy (non-hydrogen) atoms. The third kappa shape index (κ3) is 4.18. The van der Waals surface area contributed by atoms with E-state index < -0.39 is 0 Å². The van der Waals surface area contributed by atoms with Gasteiger partial charge in [0.05, 0.1) is 4.70 Å². The Kier molecular flexibility index (Phi) is 6.61. The van der Waals surface area contributed by atoms with Crippen LogP contribution in [0.25, 0.3) is 10.1 Å². The normalized spacial score (nSPS) is 15.5.